The van der Waals surface area contributed by atoms with Gasteiger partial charge < -0.3 is 9.15 Å². The summed E-state index contributed by atoms with van der Waals surface area (Å²) in [7, 11) is -3.73. The van der Waals surface area contributed by atoms with Gasteiger partial charge in [0.05, 0.1) is 43.1 Å². The van der Waals surface area contributed by atoms with Gasteiger partial charge in [-0.1, -0.05) is 0 Å². The van der Waals surface area contributed by atoms with Crippen LogP contribution >= 0.6 is 11.3 Å². The van der Waals surface area contributed by atoms with E-state index < -0.39 is 22.3 Å². The van der Waals surface area contributed by atoms with Gasteiger partial charge in [0.15, 0.2) is 0 Å². The van der Waals surface area contributed by atoms with Gasteiger partial charge in [-0.05, 0) is 19.1 Å². The zero-order chi connectivity index (χ0) is 23.4. The van der Waals surface area contributed by atoms with E-state index >= 15 is 0 Å². The second-order valence-corrected chi connectivity index (χ2v) is 10.5. The lowest BCUT2D eigenvalue weighted by Crippen LogP contribution is -2.44. The van der Waals surface area contributed by atoms with Crippen LogP contribution in [0.5, 0.6) is 0 Å². The fourth-order valence-corrected chi connectivity index (χ4v) is 5.69. The van der Waals surface area contributed by atoms with Crippen molar-refractivity contribution in [2.45, 2.75) is 26.0 Å². The number of nitrogens with zero attached hydrogens (tertiary/aromatic N) is 6. The van der Waals surface area contributed by atoms with E-state index in [9.17, 15) is 17.2 Å². The summed E-state index contributed by atoms with van der Waals surface area (Å²) in [6.45, 7) is 4.19. The maximum absolute atomic E-state index is 13.3. The van der Waals surface area contributed by atoms with E-state index in [0.717, 1.165) is 11.3 Å². The Balaban J connectivity index is 1.52. The number of sulfonamides is 1. The summed E-state index contributed by atoms with van der Waals surface area (Å²) < 4.78 is 63.8. The van der Waals surface area contributed by atoms with Crippen LogP contribution in [0.3, 0.4) is 0 Å². The second kappa shape index (κ2) is 10.2. The molecule has 4 rings (SSSR count). The third kappa shape index (κ3) is 5.88. The highest BCUT2D eigenvalue weighted by Crippen LogP contribution is 2.29. The first kappa shape index (κ1) is 23.6. The first-order valence-electron chi connectivity index (χ1n) is 10.1. The zero-order valence-electron chi connectivity index (χ0n) is 17.7. The molecule has 0 saturated carbocycles. The van der Waals surface area contributed by atoms with Crippen molar-refractivity contribution in [2.75, 3.05) is 36.3 Å². The summed E-state index contributed by atoms with van der Waals surface area (Å²) in [5, 5.41) is 7.36. The standard InChI is InChI=1S/C19H22F2N6O4S2/c1-13-11-26(5-7-30-13)6-8-33(28,29)27(14-3-2-4-22-9-14)12-16-23-10-15(32-16)18-24-25-19(31-18)17(20)21/h2-4,9-10,13,17H,5-8,11-12H2,1H3/t13-/m0/s1. The molecule has 1 aliphatic heterocycles. The number of pyridine rings is 1. The van der Waals surface area contributed by atoms with Crippen molar-refractivity contribution in [1.82, 2.24) is 25.1 Å². The van der Waals surface area contributed by atoms with Gasteiger partial charge in [0.2, 0.25) is 10.0 Å². The number of hydrogen-bond acceptors (Lipinski definition) is 10. The minimum atomic E-state index is -3.73. The quantitative estimate of drug-likeness (QED) is 0.437. The third-order valence-electron chi connectivity index (χ3n) is 4.93. The molecule has 0 radical (unpaired) electrons. The summed E-state index contributed by atoms with van der Waals surface area (Å²) in [6, 6.07) is 3.31. The lowest BCUT2D eigenvalue weighted by Gasteiger charge is -2.31. The minimum absolute atomic E-state index is 0.0476. The molecule has 14 heteroatoms. The number of anilines is 1. The fourth-order valence-electron chi connectivity index (χ4n) is 3.33. The number of thiazole rings is 1. The average molecular weight is 501 g/mol. The maximum Gasteiger partial charge on any atom is 0.314 e. The van der Waals surface area contributed by atoms with Crippen LogP contribution in [0.1, 0.15) is 24.2 Å². The molecule has 1 atom stereocenters. The molecule has 3 aromatic rings. The Morgan fingerprint density at radius 2 is 2.18 bits per heavy atom. The van der Waals surface area contributed by atoms with Crippen LogP contribution in [0.15, 0.2) is 35.1 Å². The molecule has 1 fully saturated rings. The first-order valence-corrected chi connectivity index (χ1v) is 12.6. The molecule has 0 aliphatic carbocycles. The van der Waals surface area contributed by atoms with E-state index in [1.165, 1.54) is 16.7 Å². The Morgan fingerprint density at radius 3 is 2.88 bits per heavy atom. The highest BCUT2D eigenvalue weighted by Gasteiger charge is 2.27. The third-order valence-corrected chi connectivity index (χ3v) is 7.61. The average Bonchev–Trinajstić information content (AvgIpc) is 3.46. The Morgan fingerprint density at radius 1 is 1.33 bits per heavy atom. The molecule has 0 amide bonds. The molecule has 0 N–H and O–H groups in total. The van der Waals surface area contributed by atoms with Crippen molar-refractivity contribution in [3.63, 3.8) is 0 Å². The van der Waals surface area contributed by atoms with E-state index in [2.05, 4.69) is 25.1 Å². The number of halogens is 2. The van der Waals surface area contributed by atoms with Gasteiger partial charge in [-0.15, -0.1) is 21.5 Å². The number of alkyl halides is 2. The lowest BCUT2D eigenvalue weighted by molar-refractivity contribution is -0.0160. The molecule has 10 nitrogen and oxygen atoms in total. The Kier molecular flexibility index (Phi) is 7.26. The predicted molar refractivity (Wildman–Crippen MR) is 116 cm³/mol. The van der Waals surface area contributed by atoms with Gasteiger partial charge in [0.1, 0.15) is 9.88 Å². The molecule has 1 aliphatic rings. The molecular formula is C19H22F2N6O4S2. The SMILES string of the molecule is C[C@H]1CN(CCS(=O)(=O)N(Cc2ncc(-c3nnc(C(F)F)o3)s2)c2cccnc2)CCO1. The minimum Gasteiger partial charge on any atom is -0.414 e. The van der Waals surface area contributed by atoms with Gasteiger partial charge in [0, 0.05) is 25.8 Å². The number of ether oxygens (including phenoxy) is 1. The van der Waals surface area contributed by atoms with Crippen molar-refractivity contribution in [3.05, 3.63) is 41.6 Å². The normalized spacial score (nSPS) is 17.5. The monoisotopic (exact) mass is 500 g/mol. The topological polar surface area (TPSA) is 115 Å². The number of aromatic nitrogens is 4. The zero-order valence-corrected chi connectivity index (χ0v) is 19.3. The summed E-state index contributed by atoms with van der Waals surface area (Å²) in [5.41, 5.74) is 0.405. The van der Waals surface area contributed by atoms with Crippen LogP contribution in [0, 0.1) is 0 Å². The Bertz CT molecular complexity index is 1160. The van der Waals surface area contributed by atoms with Crippen LogP contribution in [0.4, 0.5) is 14.5 Å². The molecule has 178 valence electrons. The molecule has 0 bridgehead atoms. The predicted octanol–water partition coefficient (Wildman–Crippen LogP) is 2.58. The van der Waals surface area contributed by atoms with E-state index in [1.54, 1.807) is 18.3 Å². The van der Waals surface area contributed by atoms with E-state index in [4.69, 9.17) is 9.15 Å². The Labute approximate surface area is 193 Å². The molecule has 1 saturated heterocycles. The van der Waals surface area contributed by atoms with Crippen molar-refractivity contribution in [1.29, 1.82) is 0 Å². The van der Waals surface area contributed by atoms with Crippen molar-refractivity contribution >= 4 is 27.0 Å². The van der Waals surface area contributed by atoms with Crippen molar-refractivity contribution in [2.24, 2.45) is 0 Å². The highest BCUT2D eigenvalue weighted by molar-refractivity contribution is 7.92. The van der Waals surface area contributed by atoms with E-state index in [1.807, 2.05) is 6.92 Å². The molecule has 0 aromatic carbocycles. The van der Waals surface area contributed by atoms with Crippen LogP contribution in [-0.4, -0.2) is 71.6 Å². The molecule has 0 unspecified atom stereocenters. The van der Waals surface area contributed by atoms with Crippen LogP contribution in [-0.2, 0) is 21.3 Å². The van der Waals surface area contributed by atoms with Gasteiger partial charge >= 0.3 is 6.43 Å². The number of rotatable bonds is 9. The van der Waals surface area contributed by atoms with Crippen molar-refractivity contribution in [3.8, 4) is 10.8 Å². The van der Waals surface area contributed by atoms with Gasteiger partial charge in [-0.2, -0.15) is 8.78 Å². The van der Waals surface area contributed by atoms with Crippen LogP contribution in [0.2, 0.25) is 0 Å². The highest BCUT2D eigenvalue weighted by atomic mass is 32.2. The van der Waals surface area contributed by atoms with Crippen LogP contribution < -0.4 is 4.31 Å². The van der Waals surface area contributed by atoms with Crippen LogP contribution in [0.25, 0.3) is 10.8 Å². The van der Waals surface area contributed by atoms with E-state index in [-0.39, 0.29) is 24.3 Å². The second-order valence-electron chi connectivity index (χ2n) is 7.38. The lowest BCUT2D eigenvalue weighted by atomic mass is 10.3. The van der Waals surface area contributed by atoms with Gasteiger partial charge in [-0.3, -0.25) is 14.2 Å². The summed E-state index contributed by atoms with van der Waals surface area (Å²) in [6.07, 6.45) is 1.60. The molecule has 4 heterocycles. The molecule has 0 spiro atoms. The smallest absolute Gasteiger partial charge is 0.314 e. The molecular weight excluding hydrogens is 478 g/mol. The van der Waals surface area contributed by atoms with Gasteiger partial charge in [0.25, 0.3) is 11.8 Å². The molecule has 3 aromatic heterocycles. The van der Waals surface area contributed by atoms with E-state index in [0.29, 0.717) is 41.8 Å². The van der Waals surface area contributed by atoms with Crippen molar-refractivity contribution < 1.29 is 26.4 Å². The number of hydrogen-bond donors (Lipinski definition) is 0. The maximum atomic E-state index is 13.3. The Hall–Kier alpha value is -2.55. The molecule has 33 heavy (non-hydrogen) atoms. The fraction of sp³-hybridized carbons (Fsp3) is 0.474. The van der Waals surface area contributed by atoms with Gasteiger partial charge in [-0.25, -0.2) is 13.4 Å². The largest absolute Gasteiger partial charge is 0.414 e. The number of morpholine rings is 1. The first-order chi connectivity index (χ1) is 15.8. The summed E-state index contributed by atoms with van der Waals surface area (Å²) in [4.78, 5) is 10.7. The summed E-state index contributed by atoms with van der Waals surface area (Å²) in [5.74, 6) is -0.961. The summed E-state index contributed by atoms with van der Waals surface area (Å²) >= 11 is 1.09.